The molecule has 0 aliphatic heterocycles. The van der Waals surface area contributed by atoms with Gasteiger partial charge in [0.05, 0.1) is 0 Å². The van der Waals surface area contributed by atoms with Crippen LogP contribution in [0.1, 0.15) is 19.9 Å². The summed E-state index contributed by atoms with van der Waals surface area (Å²) in [7, 11) is 0. The summed E-state index contributed by atoms with van der Waals surface area (Å²) >= 11 is 0. The highest BCUT2D eigenvalue weighted by atomic mass is 15.0. The maximum Gasteiger partial charge on any atom is 0.169 e. The number of rotatable bonds is 2. The molecule has 2 rings (SSSR count). The van der Waals surface area contributed by atoms with Crippen LogP contribution < -0.4 is 10.3 Å². The first-order valence-electron chi connectivity index (χ1n) is 5.39. The molecule has 0 saturated heterocycles. The van der Waals surface area contributed by atoms with Crippen LogP contribution in [0.3, 0.4) is 0 Å². The minimum Gasteiger partial charge on any atom is -0.384 e. The molecular formula is C13H16N3+. The fourth-order valence-corrected chi connectivity index (χ4v) is 1.55. The van der Waals surface area contributed by atoms with Crippen molar-refractivity contribution in [2.75, 3.05) is 5.73 Å². The van der Waals surface area contributed by atoms with E-state index in [2.05, 4.69) is 47.9 Å². The van der Waals surface area contributed by atoms with Crippen LogP contribution in [0, 0.1) is 0 Å². The second-order valence-corrected chi connectivity index (χ2v) is 4.10. The van der Waals surface area contributed by atoms with Crippen LogP contribution in [-0.2, 0) is 0 Å². The third kappa shape index (κ3) is 2.19. The summed E-state index contributed by atoms with van der Waals surface area (Å²) in [4.78, 5) is 4.08. The molecule has 0 aliphatic carbocycles. The van der Waals surface area contributed by atoms with Crippen molar-refractivity contribution in [3.63, 3.8) is 0 Å². The van der Waals surface area contributed by atoms with Crippen LogP contribution in [0.4, 0.5) is 5.82 Å². The van der Waals surface area contributed by atoms with E-state index in [1.807, 2.05) is 12.1 Å². The van der Waals surface area contributed by atoms with Crippen LogP contribution in [0.15, 0.2) is 42.9 Å². The molecule has 0 saturated carbocycles. The average molecular weight is 214 g/mol. The molecule has 2 aromatic rings. The molecule has 2 heterocycles. The van der Waals surface area contributed by atoms with Crippen LogP contribution in [0.2, 0.25) is 0 Å². The van der Waals surface area contributed by atoms with Gasteiger partial charge in [-0.25, -0.2) is 9.55 Å². The molecule has 16 heavy (non-hydrogen) atoms. The molecule has 3 nitrogen and oxygen atoms in total. The van der Waals surface area contributed by atoms with E-state index in [0.29, 0.717) is 11.9 Å². The third-order valence-electron chi connectivity index (χ3n) is 2.57. The fraction of sp³-hybridized carbons (Fsp3) is 0.231. The van der Waals surface area contributed by atoms with Gasteiger partial charge in [0, 0.05) is 23.9 Å². The van der Waals surface area contributed by atoms with E-state index >= 15 is 0 Å². The largest absolute Gasteiger partial charge is 0.384 e. The summed E-state index contributed by atoms with van der Waals surface area (Å²) in [6.07, 6.45) is 5.96. The number of hydrogen-bond acceptors (Lipinski definition) is 2. The van der Waals surface area contributed by atoms with Gasteiger partial charge in [0.2, 0.25) is 0 Å². The lowest BCUT2D eigenvalue weighted by Gasteiger charge is -2.03. The van der Waals surface area contributed by atoms with Crippen molar-refractivity contribution in [1.29, 1.82) is 0 Å². The van der Waals surface area contributed by atoms with E-state index in [-0.39, 0.29) is 0 Å². The molecule has 0 aromatic carbocycles. The molecule has 0 spiro atoms. The summed E-state index contributed by atoms with van der Waals surface area (Å²) in [6, 6.07) is 8.47. The minimum absolute atomic E-state index is 0.485. The predicted octanol–water partition coefficient (Wildman–Crippen LogP) is 2.20. The Hall–Kier alpha value is -1.90. The van der Waals surface area contributed by atoms with Crippen LogP contribution in [-0.4, -0.2) is 4.98 Å². The zero-order chi connectivity index (χ0) is 11.5. The van der Waals surface area contributed by atoms with E-state index in [4.69, 9.17) is 5.73 Å². The molecule has 0 bridgehead atoms. The van der Waals surface area contributed by atoms with Gasteiger partial charge in [-0.3, -0.25) is 0 Å². The Morgan fingerprint density at radius 2 is 1.75 bits per heavy atom. The fourth-order valence-electron chi connectivity index (χ4n) is 1.55. The first-order valence-corrected chi connectivity index (χ1v) is 5.39. The van der Waals surface area contributed by atoms with Crippen molar-refractivity contribution in [3.05, 3.63) is 42.9 Å². The standard InChI is InChI=1S/C13H15N3/c1-10(2)16-7-5-11(6-8-16)12-3-4-13(14)15-9-12/h3-10,14H,1-2H3/p+1. The van der Waals surface area contributed by atoms with Gasteiger partial charge in [-0.2, -0.15) is 0 Å². The van der Waals surface area contributed by atoms with Crippen LogP contribution in [0.5, 0.6) is 0 Å². The van der Waals surface area contributed by atoms with E-state index < -0.39 is 0 Å². The molecule has 2 aromatic heterocycles. The van der Waals surface area contributed by atoms with Gasteiger partial charge >= 0.3 is 0 Å². The minimum atomic E-state index is 0.485. The molecule has 0 amide bonds. The van der Waals surface area contributed by atoms with Crippen molar-refractivity contribution in [1.82, 2.24) is 4.98 Å². The van der Waals surface area contributed by atoms with Gasteiger partial charge in [-0.05, 0) is 31.5 Å². The lowest BCUT2D eigenvalue weighted by Crippen LogP contribution is -2.34. The smallest absolute Gasteiger partial charge is 0.169 e. The Kier molecular flexibility index (Phi) is 2.86. The Morgan fingerprint density at radius 3 is 2.25 bits per heavy atom. The predicted molar refractivity (Wildman–Crippen MR) is 64.7 cm³/mol. The Morgan fingerprint density at radius 1 is 1.06 bits per heavy atom. The number of aromatic nitrogens is 2. The van der Waals surface area contributed by atoms with Gasteiger partial charge in [0.1, 0.15) is 5.82 Å². The summed E-state index contributed by atoms with van der Waals surface area (Å²) < 4.78 is 2.16. The highest BCUT2D eigenvalue weighted by molar-refractivity contribution is 5.62. The van der Waals surface area contributed by atoms with E-state index in [1.54, 1.807) is 6.20 Å². The zero-order valence-electron chi connectivity index (χ0n) is 9.59. The van der Waals surface area contributed by atoms with Crippen LogP contribution >= 0.6 is 0 Å². The number of anilines is 1. The van der Waals surface area contributed by atoms with Gasteiger partial charge in [0.25, 0.3) is 0 Å². The molecule has 82 valence electrons. The maximum absolute atomic E-state index is 5.55. The normalized spacial score (nSPS) is 10.7. The van der Waals surface area contributed by atoms with Crippen molar-refractivity contribution in [2.24, 2.45) is 0 Å². The molecule has 0 atom stereocenters. The quantitative estimate of drug-likeness (QED) is 0.779. The second kappa shape index (κ2) is 4.31. The first-order chi connectivity index (χ1) is 7.66. The van der Waals surface area contributed by atoms with Gasteiger partial charge in [-0.1, -0.05) is 0 Å². The lowest BCUT2D eigenvalue weighted by atomic mass is 10.1. The van der Waals surface area contributed by atoms with Crippen molar-refractivity contribution in [3.8, 4) is 11.1 Å². The van der Waals surface area contributed by atoms with Crippen molar-refractivity contribution in [2.45, 2.75) is 19.9 Å². The number of hydrogen-bond donors (Lipinski definition) is 1. The lowest BCUT2D eigenvalue weighted by molar-refractivity contribution is -0.716. The van der Waals surface area contributed by atoms with E-state index in [1.165, 1.54) is 0 Å². The Bertz CT molecular complexity index is 458. The molecule has 3 heteroatoms. The molecule has 0 aliphatic rings. The topological polar surface area (TPSA) is 42.8 Å². The van der Waals surface area contributed by atoms with Gasteiger partial charge < -0.3 is 5.73 Å². The van der Waals surface area contributed by atoms with Crippen molar-refractivity contribution >= 4 is 5.82 Å². The molecule has 2 N–H and O–H groups in total. The second-order valence-electron chi connectivity index (χ2n) is 4.10. The molecule has 0 unspecified atom stereocenters. The summed E-state index contributed by atoms with van der Waals surface area (Å²) in [5.74, 6) is 0.553. The summed E-state index contributed by atoms with van der Waals surface area (Å²) in [5, 5.41) is 0. The average Bonchev–Trinajstić information content (AvgIpc) is 2.30. The maximum atomic E-state index is 5.55. The van der Waals surface area contributed by atoms with Gasteiger partial charge in [0.15, 0.2) is 18.4 Å². The number of pyridine rings is 2. The Labute approximate surface area is 95.6 Å². The zero-order valence-corrected chi connectivity index (χ0v) is 9.59. The Balaban J connectivity index is 2.31. The monoisotopic (exact) mass is 214 g/mol. The molecule has 0 radical (unpaired) electrons. The number of nitrogens with zero attached hydrogens (tertiary/aromatic N) is 2. The number of nitrogen functional groups attached to an aromatic ring is 1. The van der Waals surface area contributed by atoms with E-state index in [9.17, 15) is 0 Å². The molecule has 0 fully saturated rings. The SMILES string of the molecule is CC(C)[n+]1ccc(-c2ccc(N)nc2)cc1. The highest BCUT2D eigenvalue weighted by Crippen LogP contribution is 2.17. The third-order valence-corrected chi connectivity index (χ3v) is 2.57. The van der Waals surface area contributed by atoms with Crippen molar-refractivity contribution < 1.29 is 4.57 Å². The molecular weight excluding hydrogens is 198 g/mol. The highest BCUT2D eigenvalue weighted by Gasteiger charge is 2.05. The number of nitrogens with two attached hydrogens (primary N) is 1. The summed E-state index contributed by atoms with van der Waals surface area (Å²) in [6.45, 7) is 4.31. The van der Waals surface area contributed by atoms with Gasteiger partial charge in [-0.15, -0.1) is 0 Å². The van der Waals surface area contributed by atoms with Crippen LogP contribution in [0.25, 0.3) is 11.1 Å². The summed E-state index contributed by atoms with van der Waals surface area (Å²) in [5.41, 5.74) is 7.80. The first kappa shape index (κ1) is 10.6. The van der Waals surface area contributed by atoms with E-state index in [0.717, 1.165) is 11.1 Å².